The first-order valence-corrected chi connectivity index (χ1v) is 11.9. The zero-order valence-corrected chi connectivity index (χ0v) is 19.6. The van der Waals surface area contributed by atoms with Crippen LogP contribution in [0.3, 0.4) is 0 Å². The van der Waals surface area contributed by atoms with Crippen LogP contribution in [-0.2, 0) is 4.79 Å². The summed E-state index contributed by atoms with van der Waals surface area (Å²) in [6, 6.07) is 20.4. The minimum Gasteiger partial charge on any atom is -0.480 e. The Morgan fingerprint density at radius 3 is 2.54 bits per heavy atom. The molecule has 7 nitrogen and oxygen atoms in total. The average molecular weight is 487 g/mol. The number of nitrogens with one attached hydrogen (secondary N) is 1. The fourth-order valence-electron chi connectivity index (χ4n) is 4.93. The van der Waals surface area contributed by atoms with Gasteiger partial charge in [0.2, 0.25) is 0 Å². The summed E-state index contributed by atoms with van der Waals surface area (Å²) in [6.45, 7) is 2.46. The molecule has 6 rings (SSSR count). The molecule has 2 aliphatic rings. The molecule has 0 bridgehead atoms. The van der Waals surface area contributed by atoms with E-state index in [1.807, 2.05) is 65.6 Å². The van der Waals surface area contributed by atoms with Crippen molar-refractivity contribution >= 4 is 40.0 Å². The first kappa shape index (κ1) is 21.7. The van der Waals surface area contributed by atoms with E-state index < -0.39 is 12.0 Å². The maximum atomic E-state index is 12.4. The molecule has 2 N–H and O–H groups in total. The zero-order valence-electron chi connectivity index (χ0n) is 18.8. The Balaban J connectivity index is 1.29. The standard InChI is InChI=1S/C27H23ClN4O3/c28-17-9-10-18-20(16-29-22(18)15-17)25(27(33)34)31-11-13-32(14-12-31)26-19-5-1-3-7-23(19)35-24-8-4-2-6-21(24)30-26/h1-10,15-16,25,29H,11-14H2,(H,33,34)/t25-/m1/s1. The van der Waals surface area contributed by atoms with Crippen LogP contribution in [0.25, 0.3) is 10.9 Å². The first-order chi connectivity index (χ1) is 17.1. The fourth-order valence-corrected chi connectivity index (χ4v) is 5.11. The van der Waals surface area contributed by atoms with Gasteiger partial charge in [-0.3, -0.25) is 9.69 Å². The van der Waals surface area contributed by atoms with Crippen molar-refractivity contribution in [2.75, 3.05) is 26.2 Å². The van der Waals surface area contributed by atoms with E-state index in [1.165, 1.54) is 0 Å². The highest BCUT2D eigenvalue weighted by molar-refractivity contribution is 6.31. The Hall–Kier alpha value is -3.81. The molecule has 8 heteroatoms. The number of carbonyl (C=O) groups is 1. The Kier molecular flexibility index (Phi) is 5.43. The summed E-state index contributed by atoms with van der Waals surface area (Å²) in [4.78, 5) is 24.8. The van der Waals surface area contributed by atoms with Gasteiger partial charge in [0.1, 0.15) is 23.3 Å². The van der Waals surface area contributed by atoms with E-state index in [0.29, 0.717) is 31.2 Å². The molecule has 3 aromatic carbocycles. The van der Waals surface area contributed by atoms with Crippen molar-refractivity contribution in [1.82, 2.24) is 14.8 Å². The number of hydrogen-bond acceptors (Lipinski definition) is 5. The summed E-state index contributed by atoms with van der Waals surface area (Å²) in [7, 11) is 0. The van der Waals surface area contributed by atoms with E-state index in [1.54, 1.807) is 12.3 Å². The molecular formula is C27H23ClN4O3. The van der Waals surface area contributed by atoms with Gasteiger partial charge in [-0.25, -0.2) is 4.99 Å². The zero-order chi connectivity index (χ0) is 23.9. The maximum absolute atomic E-state index is 12.4. The molecule has 1 saturated heterocycles. The summed E-state index contributed by atoms with van der Waals surface area (Å²) in [5.74, 6) is 1.46. The lowest BCUT2D eigenvalue weighted by molar-refractivity contribution is -0.144. The molecule has 176 valence electrons. The summed E-state index contributed by atoms with van der Waals surface area (Å²) in [5.41, 5.74) is 3.29. The van der Waals surface area contributed by atoms with Crippen LogP contribution >= 0.6 is 11.6 Å². The second-order valence-electron chi connectivity index (χ2n) is 8.70. The quantitative estimate of drug-likeness (QED) is 0.402. The van der Waals surface area contributed by atoms with Gasteiger partial charge in [0.15, 0.2) is 5.75 Å². The Bertz CT molecular complexity index is 1460. The fraction of sp³-hybridized carbons (Fsp3) is 0.185. The summed E-state index contributed by atoms with van der Waals surface area (Å²) in [5, 5.41) is 11.7. The lowest BCUT2D eigenvalue weighted by Crippen LogP contribution is -2.51. The first-order valence-electron chi connectivity index (χ1n) is 11.5. The third kappa shape index (κ3) is 3.92. The molecule has 0 saturated carbocycles. The van der Waals surface area contributed by atoms with Crippen molar-refractivity contribution in [3.63, 3.8) is 0 Å². The largest absolute Gasteiger partial charge is 0.480 e. The van der Waals surface area contributed by atoms with Crippen molar-refractivity contribution in [2.24, 2.45) is 4.99 Å². The average Bonchev–Trinajstić information content (AvgIpc) is 3.18. The Labute approximate surface area is 207 Å². The van der Waals surface area contributed by atoms with Crippen molar-refractivity contribution in [2.45, 2.75) is 6.04 Å². The Morgan fingerprint density at radius 1 is 1.00 bits per heavy atom. The van der Waals surface area contributed by atoms with E-state index in [4.69, 9.17) is 21.3 Å². The predicted octanol–water partition coefficient (Wildman–Crippen LogP) is 5.45. The number of aliphatic carboxylic acids is 1. The summed E-state index contributed by atoms with van der Waals surface area (Å²) >= 11 is 6.12. The number of aromatic nitrogens is 1. The van der Waals surface area contributed by atoms with Gasteiger partial charge in [-0.15, -0.1) is 0 Å². The highest BCUT2D eigenvalue weighted by Gasteiger charge is 2.34. The summed E-state index contributed by atoms with van der Waals surface area (Å²) in [6.07, 6.45) is 1.78. The molecular weight excluding hydrogens is 464 g/mol. The molecule has 1 fully saturated rings. The number of carboxylic acids is 1. The molecule has 3 heterocycles. The number of nitrogens with zero attached hydrogens (tertiary/aromatic N) is 3. The lowest BCUT2D eigenvalue weighted by atomic mass is 10.0. The molecule has 0 aliphatic carbocycles. The number of piperazine rings is 1. The highest BCUT2D eigenvalue weighted by Crippen LogP contribution is 2.38. The number of benzene rings is 3. The number of fused-ring (bicyclic) bond motifs is 3. The van der Waals surface area contributed by atoms with E-state index in [0.717, 1.165) is 45.1 Å². The van der Waals surface area contributed by atoms with Gasteiger partial charge in [0, 0.05) is 53.9 Å². The molecule has 1 aromatic heterocycles. The number of carboxylic acid groups (broad SMARTS) is 1. The van der Waals surface area contributed by atoms with Gasteiger partial charge in [-0.1, -0.05) is 41.9 Å². The molecule has 4 aromatic rings. The van der Waals surface area contributed by atoms with Crippen LogP contribution in [0.2, 0.25) is 5.02 Å². The Morgan fingerprint density at radius 2 is 1.74 bits per heavy atom. The molecule has 35 heavy (non-hydrogen) atoms. The van der Waals surface area contributed by atoms with Crippen molar-refractivity contribution in [3.05, 3.63) is 89.1 Å². The predicted molar refractivity (Wildman–Crippen MR) is 136 cm³/mol. The third-order valence-corrected chi connectivity index (χ3v) is 6.86. The minimum absolute atomic E-state index is 0.584. The van der Waals surface area contributed by atoms with Crippen LogP contribution in [0.15, 0.2) is 77.9 Å². The van der Waals surface area contributed by atoms with Crippen LogP contribution in [0.1, 0.15) is 17.2 Å². The number of para-hydroxylation sites is 3. The minimum atomic E-state index is -0.867. The van der Waals surface area contributed by atoms with Gasteiger partial charge in [0.25, 0.3) is 0 Å². The molecule has 0 radical (unpaired) electrons. The molecule has 0 amide bonds. The smallest absolute Gasteiger partial charge is 0.325 e. The molecule has 2 aliphatic heterocycles. The second-order valence-corrected chi connectivity index (χ2v) is 9.14. The molecule has 0 unspecified atom stereocenters. The second kappa shape index (κ2) is 8.76. The number of hydrogen-bond donors (Lipinski definition) is 2. The number of halogens is 1. The molecule has 1 atom stereocenters. The van der Waals surface area contributed by atoms with Gasteiger partial charge < -0.3 is 19.7 Å². The number of amidine groups is 1. The van der Waals surface area contributed by atoms with E-state index in [2.05, 4.69) is 9.88 Å². The third-order valence-electron chi connectivity index (χ3n) is 6.62. The van der Waals surface area contributed by atoms with Crippen LogP contribution in [0.5, 0.6) is 11.5 Å². The van der Waals surface area contributed by atoms with Crippen LogP contribution in [0.4, 0.5) is 5.69 Å². The number of aliphatic imine (C=N–C) groups is 1. The van der Waals surface area contributed by atoms with Gasteiger partial charge in [-0.05, 0) is 36.4 Å². The van der Waals surface area contributed by atoms with Crippen LogP contribution in [-0.4, -0.2) is 57.9 Å². The van der Waals surface area contributed by atoms with Crippen molar-refractivity contribution in [1.29, 1.82) is 0 Å². The highest BCUT2D eigenvalue weighted by atomic mass is 35.5. The van der Waals surface area contributed by atoms with Gasteiger partial charge >= 0.3 is 5.97 Å². The van der Waals surface area contributed by atoms with Crippen molar-refractivity contribution in [3.8, 4) is 11.5 Å². The maximum Gasteiger partial charge on any atom is 0.325 e. The number of rotatable bonds is 3. The SMILES string of the molecule is O=C(O)[C@@H](c1c[nH]c2cc(Cl)ccc12)N1CCN(C2=Nc3ccccc3Oc3ccccc32)CC1. The van der Waals surface area contributed by atoms with Crippen molar-refractivity contribution < 1.29 is 14.6 Å². The monoisotopic (exact) mass is 486 g/mol. The number of ether oxygens (including phenoxy) is 1. The molecule has 0 spiro atoms. The van der Waals surface area contributed by atoms with E-state index in [-0.39, 0.29) is 0 Å². The summed E-state index contributed by atoms with van der Waals surface area (Å²) < 4.78 is 6.17. The van der Waals surface area contributed by atoms with Gasteiger partial charge in [-0.2, -0.15) is 0 Å². The topological polar surface area (TPSA) is 81.2 Å². The van der Waals surface area contributed by atoms with Crippen LogP contribution in [0, 0.1) is 0 Å². The lowest BCUT2D eigenvalue weighted by Gasteiger charge is -2.39. The number of H-pyrrole nitrogens is 1. The van der Waals surface area contributed by atoms with Crippen LogP contribution < -0.4 is 4.74 Å². The van der Waals surface area contributed by atoms with E-state index >= 15 is 0 Å². The van der Waals surface area contributed by atoms with Gasteiger partial charge in [0.05, 0.1) is 5.56 Å². The van der Waals surface area contributed by atoms with E-state index in [9.17, 15) is 9.90 Å². The number of aromatic amines is 1. The normalized spacial score (nSPS) is 16.6.